The molecule has 1 aliphatic heterocycles. The minimum Gasteiger partial charge on any atom is -0.375 e. The summed E-state index contributed by atoms with van der Waals surface area (Å²) in [5.41, 5.74) is 6.52. The highest BCUT2D eigenvalue weighted by atomic mass is 19.3. The summed E-state index contributed by atoms with van der Waals surface area (Å²) < 4.78 is 50.4. The normalized spacial score (nSPS) is 17.6. The number of anilines is 1. The van der Waals surface area contributed by atoms with Gasteiger partial charge in [-0.1, -0.05) is 13.5 Å². The number of piperidine rings is 1. The molecule has 228 valence electrons. The van der Waals surface area contributed by atoms with Crippen molar-refractivity contribution >= 4 is 22.9 Å². The van der Waals surface area contributed by atoms with Crippen LogP contribution in [-0.2, 0) is 0 Å². The quantitative estimate of drug-likeness (QED) is 0.224. The molecule has 2 fully saturated rings. The minimum absolute atomic E-state index is 0.0241. The van der Waals surface area contributed by atoms with Gasteiger partial charge in [0.15, 0.2) is 0 Å². The summed E-state index contributed by atoms with van der Waals surface area (Å²) in [4.78, 5) is 16.2. The van der Waals surface area contributed by atoms with Crippen molar-refractivity contribution in [2.75, 3.05) is 18.4 Å². The van der Waals surface area contributed by atoms with Crippen LogP contribution in [-0.4, -0.2) is 61.7 Å². The topological polar surface area (TPSA) is 70.7 Å². The second-order valence-corrected chi connectivity index (χ2v) is 11.3. The van der Waals surface area contributed by atoms with E-state index in [0.29, 0.717) is 18.8 Å². The Balaban J connectivity index is 0.000000748. The molecule has 1 saturated heterocycles. The lowest BCUT2D eigenvalue weighted by Gasteiger charge is -2.39. The fourth-order valence-corrected chi connectivity index (χ4v) is 5.37. The molecule has 1 N–H and O–H groups in total. The molecule has 0 atom stereocenters. The lowest BCUT2D eigenvalue weighted by molar-refractivity contribution is -0.0444. The number of nitrogens with one attached hydrogen (secondary N) is 1. The Morgan fingerprint density at radius 3 is 2.38 bits per heavy atom. The van der Waals surface area contributed by atoms with Crippen LogP contribution in [0.5, 0.6) is 0 Å². The van der Waals surface area contributed by atoms with E-state index in [4.69, 9.17) is 4.98 Å². The predicted octanol–water partition coefficient (Wildman–Crippen LogP) is 8.09. The number of hydrogen-bond donors (Lipinski definition) is 1. The number of rotatable bonds is 7. The maximum Gasteiger partial charge on any atom is 0.248 e. The number of alkyl halides is 4. The van der Waals surface area contributed by atoms with Crippen molar-refractivity contribution in [2.45, 2.75) is 91.0 Å². The van der Waals surface area contributed by atoms with Crippen molar-refractivity contribution in [1.29, 1.82) is 0 Å². The average Bonchev–Trinajstić information content (AvgIpc) is 3.37. The van der Waals surface area contributed by atoms with Crippen molar-refractivity contribution < 1.29 is 17.6 Å². The van der Waals surface area contributed by atoms with Crippen LogP contribution in [0.15, 0.2) is 47.9 Å². The third-order valence-corrected chi connectivity index (χ3v) is 7.83. The van der Waals surface area contributed by atoms with E-state index < -0.39 is 12.3 Å². The summed E-state index contributed by atoms with van der Waals surface area (Å²) in [5, 5.41) is 8.16. The van der Waals surface area contributed by atoms with Gasteiger partial charge in [0, 0.05) is 61.6 Å². The number of likely N-dealkylation sites (tertiary alicyclic amines) is 1. The van der Waals surface area contributed by atoms with Crippen LogP contribution in [0.25, 0.3) is 16.8 Å². The number of nitrogens with zero attached hydrogens (tertiary/aromatic N) is 6. The first-order valence-electron chi connectivity index (χ1n) is 14.7. The Morgan fingerprint density at radius 2 is 1.79 bits per heavy atom. The number of aromatic nitrogens is 4. The van der Waals surface area contributed by atoms with Gasteiger partial charge in [-0.2, -0.15) is 0 Å². The number of aryl methyl sites for hydroxylation is 1. The Hall–Kier alpha value is -3.50. The highest BCUT2D eigenvalue weighted by Gasteiger charge is 2.37. The molecule has 3 aromatic rings. The van der Waals surface area contributed by atoms with Crippen molar-refractivity contribution in [3.05, 3.63) is 48.6 Å². The summed E-state index contributed by atoms with van der Waals surface area (Å²) in [6.45, 7) is 13.4. The third-order valence-electron chi connectivity index (χ3n) is 7.83. The van der Waals surface area contributed by atoms with Gasteiger partial charge in [-0.25, -0.2) is 27.1 Å². The molecule has 7 nitrogen and oxygen atoms in total. The van der Waals surface area contributed by atoms with Gasteiger partial charge in [-0.15, -0.1) is 5.10 Å². The van der Waals surface area contributed by atoms with Gasteiger partial charge in [0.05, 0.1) is 28.8 Å². The van der Waals surface area contributed by atoms with Crippen LogP contribution in [0.1, 0.15) is 71.4 Å². The van der Waals surface area contributed by atoms with E-state index in [2.05, 4.69) is 31.9 Å². The first kappa shape index (κ1) is 31.4. The van der Waals surface area contributed by atoms with Crippen molar-refractivity contribution in [1.82, 2.24) is 24.5 Å². The molecule has 2 aliphatic rings. The average molecular weight is 588 g/mol. The highest BCUT2D eigenvalue weighted by Crippen LogP contribution is 2.40. The van der Waals surface area contributed by atoms with Crippen LogP contribution in [0, 0.1) is 12.8 Å². The molecule has 5 rings (SSSR count). The number of fused-ring (bicyclic) bond motifs is 1. The van der Waals surface area contributed by atoms with Crippen LogP contribution in [0.2, 0.25) is 0 Å². The smallest absolute Gasteiger partial charge is 0.248 e. The van der Waals surface area contributed by atoms with Crippen LogP contribution in [0.4, 0.5) is 29.2 Å². The van der Waals surface area contributed by atoms with Crippen LogP contribution in [0.3, 0.4) is 0 Å². The van der Waals surface area contributed by atoms with Crippen LogP contribution < -0.4 is 5.32 Å². The van der Waals surface area contributed by atoms with Gasteiger partial charge < -0.3 is 10.2 Å². The zero-order chi connectivity index (χ0) is 30.4. The third kappa shape index (κ3) is 8.07. The van der Waals surface area contributed by atoms with E-state index in [-0.39, 0.29) is 31.2 Å². The van der Waals surface area contributed by atoms with E-state index in [9.17, 15) is 17.6 Å². The molecule has 3 aromatic heterocycles. The number of aliphatic imine (C=N–C) groups is 1. The van der Waals surface area contributed by atoms with E-state index >= 15 is 0 Å². The Morgan fingerprint density at radius 1 is 1.12 bits per heavy atom. The SMILES string of the molecule is C=C(C1CCC(F)(F)CC1)N1CCC(Nc2ncc3c(-c4ccc(N=C(C)C)c(C)n4)ccn3n2)CC1.CCC(F)F. The van der Waals surface area contributed by atoms with Crippen LogP contribution >= 0.6 is 0 Å². The van der Waals surface area contributed by atoms with Gasteiger partial charge >= 0.3 is 0 Å². The number of halogens is 4. The lowest BCUT2D eigenvalue weighted by Crippen LogP contribution is -2.41. The number of pyridine rings is 1. The van der Waals surface area contributed by atoms with Gasteiger partial charge in [-0.3, -0.25) is 9.98 Å². The van der Waals surface area contributed by atoms with Gasteiger partial charge in [0.2, 0.25) is 18.3 Å². The number of hydrogen-bond acceptors (Lipinski definition) is 6. The second-order valence-electron chi connectivity index (χ2n) is 11.3. The van der Waals surface area contributed by atoms with Crippen molar-refractivity contribution in [3.8, 4) is 11.3 Å². The summed E-state index contributed by atoms with van der Waals surface area (Å²) in [6, 6.07) is 6.24. The van der Waals surface area contributed by atoms with Gasteiger partial charge in [0.1, 0.15) is 0 Å². The number of allylic oxidation sites excluding steroid dienone is 1. The van der Waals surface area contributed by atoms with E-state index in [1.54, 1.807) is 0 Å². The lowest BCUT2D eigenvalue weighted by atomic mass is 9.84. The predicted molar refractivity (Wildman–Crippen MR) is 160 cm³/mol. The molecule has 1 aliphatic carbocycles. The first-order valence-corrected chi connectivity index (χ1v) is 14.7. The molecule has 0 radical (unpaired) electrons. The molecule has 0 spiro atoms. The van der Waals surface area contributed by atoms with E-state index in [1.165, 1.54) is 6.92 Å². The highest BCUT2D eigenvalue weighted by molar-refractivity contribution is 5.83. The molecule has 42 heavy (non-hydrogen) atoms. The minimum atomic E-state index is -2.50. The maximum atomic E-state index is 13.5. The summed E-state index contributed by atoms with van der Waals surface area (Å²) in [6.07, 6.45) is 4.48. The molecule has 0 bridgehead atoms. The molecular formula is C31H41F4N7. The monoisotopic (exact) mass is 587 g/mol. The second kappa shape index (κ2) is 13.6. The zero-order valence-electron chi connectivity index (χ0n) is 24.9. The Kier molecular flexibility index (Phi) is 10.2. The fourth-order valence-electron chi connectivity index (χ4n) is 5.37. The summed E-state index contributed by atoms with van der Waals surface area (Å²) in [5.74, 6) is -1.73. The molecular weight excluding hydrogens is 546 g/mol. The molecule has 0 amide bonds. The fraction of sp³-hybridized carbons (Fsp3) is 0.548. The zero-order valence-corrected chi connectivity index (χ0v) is 24.9. The standard InChI is InChI=1S/C28H35F2N7.C3H6F2/c1-18(2)32-24-5-6-25(33-19(24)3)23-11-16-37-26(23)17-31-27(35-37)34-22-9-14-36(15-10-22)20(4)21-7-12-28(29,30)13-8-21;1-2-3(4)5/h5-6,11,16-17,21-22H,4,7-10,12-15H2,1-3H3,(H,34,35);3H,2H2,1H3. The van der Waals surface area contributed by atoms with Crippen molar-refractivity contribution in [3.63, 3.8) is 0 Å². The summed E-state index contributed by atoms with van der Waals surface area (Å²) >= 11 is 0. The Bertz CT molecular complexity index is 1380. The molecule has 0 aromatic carbocycles. The van der Waals surface area contributed by atoms with E-state index in [0.717, 1.165) is 65.5 Å². The first-order chi connectivity index (χ1) is 20.0. The van der Waals surface area contributed by atoms with Crippen molar-refractivity contribution in [2.24, 2.45) is 10.9 Å². The molecule has 11 heteroatoms. The molecule has 0 unspecified atom stereocenters. The maximum absolute atomic E-state index is 13.5. The largest absolute Gasteiger partial charge is 0.375 e. The molecule has 1 saturated carbocycles. The van der Waals surface area contributed by atoms with Gasteiger partial charge in [0.25, 0.3) is 0 Å². The van der Waals surface area contributed by atoms with Gasteiger partial charge in [-0.05, 0) is 70.6 Å². The summed E-state index contributed by atoms with van der Waals surface area (Å²) in [7, 11) is 0. The van der Waals surface area contributed by atoms with E-state index in [1.807, 2.05) is 55.9 Å². The molecule has 4 heterocycles. The Labute approximate surface area is 245 Å².